The van der Waals surface area contributed by atoms with Crippen molar-refractivity contribution in [1.29, 1.82) is 0 Å². The average Bonchev–Trinajstić information content (AvgIpc) is 2.77. The predicted molar refractivity (Wildman–Crippen MR) is 122 cm³/mol. The molecule has 0 bridgehead atoms. The molecule has 0 atom stereocenters. The van der Waals surface area contributed by atoms with E-state index in [1.165, 1.54) is 12.1 Å². The number of anilines is 1. The first-order chi connectivity index (χ1) is 15.1. The number of carbonyl (C=O) groups is 1. The van der Waals surface area contributed by atoms with Gasteiger partial charge in [0.05, 0.1) is 22.3 Å². The Kier molecular flexibility index (Phi) is 7.18. The van der Waals surface area contributed by atoms with Crippen molar-refractivity contribution in [3.05, 3.63) is 64.6 Å². The van der Waals surface area contributed by atoms with Crippen LogP contribution in [0.1, 0.15) is 19.4 Å². The molecule has 0 radical (unpaired) electrons. The molecule has 3 rings (SSSR count). The van der Waals surface area contributed by atoms with Gasteiger partial charge in [0.1, 0.15) is 5.82 Å². The molecular formula is C23H22BrF3N4O. The highest BCUT2D eigenvalue weighted by atomic mass is 79.9. The van der Waals surface area contributed by atoms with Gasteiger partial charge in [-0.1, -0.05) is 42.5 Å². The SMILES string of the molecule is CC(C)N(C)C(=O)CNc1nc(-c2ccc(C(F)(F)F)cc2)nc(-c2ccccc2)c1Br. The van der Waals surface area contributed by atoms with Crippen LogP contribution in [0.25, 0.3) is 22.6 Å². The largest absolute Gasteiger partial charge is 0.416 e. The number of alkyl halides is 3. The average molecular weight is 507 g/mol. The number of hydrogen-bond donors (Lipinski definition) is 1. The normalized spacial score (nSPS) is 11.5. The fourth-order valence-corrected chi connectivity index (χ4v) is 3.41. The summed E-state index contributed by atoms with van der Waals surface area (Å²) in [4.78, 5) is 23.1. The maximum absolute atomic E-state index is 12.9. The molecule has 9 heteroatoms. The zero-order valence-electron chi connectivity index (χ0n) is 17.7. The third kappa shape index (κ3) is 5.45. The molecule has 0 aliphatic carbocycles. The second-order valence-electron chi connectivity index (χ2n) is 7.45. The van der Waals surface area contributed by atoms with E-state index in [1.54, 1.807) is 11.9 Å². The lowest BCUT2D eigenvalue weighted by molar-refractivity contribution is -0.137. The first kappa shape index (κ1) is 23.7. The molecule has 0 saturated carbocycles. The highest BCUT2D eigenvalue weighted by Gasteiger charge is 2.30. The number of carbonyl (C=O) groups excluding carboxylic acids is 1. The van der Waals surface area contributed by atoms with Gasteiger partial charge >= 0.3 is 6.18 Å². The maximum atomic E-state index is 12.9. The third-order valence-electron chi connectivity index (χ3n) is 4.94. The van der Waals surface area contributed by atoms with E-state index >= 15 is 0 Å². The number of hydrogen-bond acceptors (Lipinski definition) is 4. The number of nitrogens with zero attached hydrogens (tertiary/aromatic N) is 3. The van der Waals surface area contributed by atoms with E-state index in [0.29, 0.717) is 21.5 Å². The maximum Gasteiger partial charge on any atom is 0.416 e. The molecule has 5 nitrogen and oxygen atoms in total. The van der Waals surface area contributed by atoms with E-state index in [-0.39, 0.29) is 24.3 Å². The summed E-state index contributed by atoms with van der Waals surface area (Å²) in [5.41, 5.74) is 1.03. The van der Waals surface area contributed by atoms with Crippen molar-refractivity contribution in [3.8, 4) is 22.6 Å². The Morgan fingerprint density at radius 3 is 2.22 bits per heavy atom. The van der Waals surface area contributed by atoms with Gasteiger partial charge < -0.3 is 10.2 Å². The smallest absolute Gasteiger partial charge is 0.360 e. The van der Waals surface area contributed by atoms with Crippen LogP contribution in [0.4, 0.5) is 19.0 Å². The van der Waals surface area contributed by atoms with Gasteiger partial charge in [-0.05, 0) is 41.9 Å². The molecule has 1 amide bonds. The molecule has 3 aromatic rings. The summed E-state index contributed by atoms with van der Waals surface area (Å²) in [5.74, 6) is 0.495. The molecule has 32 heavy (non-hydrogen) atoms. The molecule has 0 saturated heterocycles. The van der Waals surface area contributed by atoms with Crippen LogP contribution in [-0.4, -0.2) is 40.4 Å². The lowest BCUT2D eigenvalue weighted by atomic mass is 10.1. The first-order valence-corrected chi connectivity index (χ1v) is 10.7. The van der Waals surface area contributed by atoms with Crippen molar-refractivity contribution < 1.29 is 18.0 Å². The van der Waals surface area contributed by atoms with E-state index in [0.717, 1.165) is 17.7 Å². The number of likely N-dealkylation sites (N-methyl/N-ethyl adjacent to an activating group) is 1. The summed E-state index contributed by atoms with van der Waals surface area (Å²) in [6.45, 7) is 3.83. The summed E-state index contributed by atoms with van der Waals surface area (Å²) in [5, 5.41) is 3.04. The van der Waals surface area contributed by atoms with Crippen molar-refractivity contribution >= 4 is 27.7 Å². The fourth-order valence-electron chi connectivity index (χ4n) is 2.86. The Morgan fingerprint density at radius 2 is 1.66 bits per heavy atom. The van der Waals surface area contributed by atoms with Gasteiger partial charge in [0, 0.05) is 24.2 Å². The Bertz CT molecular complexity index is 1090. The minimum absolute atomic E-state index is 0.00494. The zero-order chi connectivity index (χ0) is 23.5. The Hall–Kier alpha value is -2.94. The van der Waals surface area contributed by atoms with Gasteiger partial charge in [-0.2, -0.15) is 13.2 Å². The Labute approximate surface area is 192 Å². The number of rotatable bonds is 6. The molecule has 168 valence electrons. The van der Waals surface area contributed by atoms with Gasteiger partial charge in [-0.3, -0.25) is 4.79 Å². The molecule has 0 aliphatic rings. The van der Waals surface area contributed by atoms with Crippen LogP contribution in [-0.2, 0) is 11.0 Å². The second-order valence-corrected chi connectivity index (χ2v) is 8.24. The quantitative estimate of drug-likeness (QED) is 0.454. The number of aromatic nitrogens is 2. The van der Waals surface area contributed by atoms with Crippen molar-refractivity contribution in [2.75, 3.05) is 18.9 Å². The highest BCUT2D eigenvalue weighted by Crippen LogP contribution is 2.35. The van der Waals surface area contributed by atoms with E-state index < -0.39 is 11.7 Å². The van der Waals surface area contributed by atoms with Crippen LogP contribution in [0.2, 0.25) is 0 Å². The van der Waals surface area contributed by atoms with E-state index in [9.17, 15) is 18.0 Å². The van der Waals surface area contributed by atoms with Crippen molar-refractivity contribution in [2.45, 2.75) is 26.1 Å². The molecule has 0 fully saturated rings. The highest BCUT2D eigenvalue weighted by molar-refractivity contribution is 9.10. The number of benzene rings is 2. The lowest BCUT2D eigenvalue weighted by Gasteiger charge is -2.22. The monoisotopic (exact) mass is 506 g/mol. The predicted octanol–water partition coefficient (Wildman–Crippen LogP) is 5.87. The van der Waals surface area contributed by atoms with Crippen molar-refractivity contribution in [2.24, 2.45) is 0 Å². The summed E-state index contributed by atoms with van der Waals surface area (Å²) < 4.78 is 39.4. The zero-order valence-corrected chi connectivity index (χ0v) is 19.3. The molecule has 2 aromatic carbocycles. The van der Waals surface area contributed by atoms with Crippen LogP contribution in [0.3, 0.4) is 0 Å². The van der Waals surface area contributed by atoms with E-state index in [1.807, 2.05) is 44.2 Å². The van der Waals surface area contributed by atoms with Gasteiger partial charge in [0.15, 0.2) is 5.82 Å². The number of halogens is 4. The Balaban J connectivity index is 2.02. The molecule has 0 unspecified atom stereocenters. The van der Waals surface area contributed by atoms with E-state index in [4.69, 9.17) is 0 Å². The molecule has 1 aromatic heterocycles. The van der Waals surface area contributed by atoms with E-state index in [2.05, 4.69) is 31.2 Å². The van der Waals surface area contributed by atoms with Crippen molar-refractivity contribution in [3.63, 3.8) is 0 Å². The fraction of sp³-hybridized carbons (Fsp3) is 0.261. The molecule has 0 aliphatic heterocycles. The topological polar surface area (TPSA) is 58.1 Å². The number of nitrogens with one attached hydrogen (secondary N) is 1. The molecule has 1 N–H and O–H groups in total. The number of amides is 1. The lowest BCUT2D eigenvalue weighted by Crippen LogP contribution is -2.37. The first-order valence-electron chi connectivity index (χ1n) is 9.88. The minimum atomic E-state index is -4.43. The van der Waals surface area contributed by atoms with Crippen molar-refractivity contribution in [1.82, 2.24) is 14.9 Å². The van der Waals surface area contributed by atoms with Crippen LogP contribution in [0.5, 0.6) is 0 Å². The molecule has 0 spiro atoms. The van der Waals surface area contributed by atoms with Crippen LogP contribution in [0, 0.1) is 0 Å². The summed E-state index contributed by atoms with van der Waals surface area (Å²) in [7, 11) is 1.72. The second kappa shape index (κ2) is 9.68. The van der Waals surface area contributed by atoms with Crippen LogP contribution in [0.15, 0.2) is 59.1 Å². The van der Waals surface area contributed by atoms with Crippen LogP contribution < -0.4 is 5.32 Å². The van der Waals surface area contributed by atoms with Gasteiger partial charge in [0.2, 0.25) is 5.91 Å². The Morgan fingerprint density at radius 1 is 1.03 bits per heavy atom. The van der Waals surface area contributed by atoms with Gasteiger partial charge in [-0.25, -0.2) is 9.97 Å². The third-order valence-corrected chi connectivity index (χ3v) is 5.70. The minimum Gasteiger partial charge on any atom is -0.360 e. The van der Waals surface area contributed by atoms with Crippen LogP contribution >= 0.6 is 15.9 Å². The molecule has 1 heterocycles. The summed E-state index contributed by atoms with van der Waals surface area (Å²) in [6, 6.07) is 14.0. The summed E-state index contributed by atoms with van der Waals surface area (Å²) >= 11 is 3.52. The molecular weight excluding hydrogens is 485 g/mol. The van der Waals surface area contributed by atoms with Gasteiger partial charge in [-0.15, -0.1) is 0 Å². The standard InChI is InChI=1S/C23H22BrF3N4O/c1-14(2)31(3)18(32)13-28-22-19(24)20(15-7-5-4-6-8-15)29-21(30-22)16-9-11-17(12-10-16)23(25,26)27/h4-12,14H,13H2,1-3H3,(H,28,29,30). The summed E-state index contributed by atoms with van der Waals surface area (Å²) in [6.07, 6.45) is -4.43. The van der Waals surface area contributed by atoms with Gasteiger partial charge in [0.25, 0.3) is 0 Å².